The minimum Gasteiger partial charge on any atom is -0.393 e. The first-order chi connectivity index (χ1) is 9.10. The van der Waals surface area contributed by atoms with E-state index in [1.807, 2.05) is 13.0 Å². The Balaban J connectivity index is 2.17. The van der Waals surface area contributed by atoms with Gasteiger partial charge in [-0.3, -0.25) is 0 Å². The molecular weight excluding hydrogens is 304 g/mol. The second kappa shape index (κ2) is 4.66. The van der Waals surface area contributed by atoms with E-state index < -0.39 is 0 Å². The second-order valence-corrected chi connectivity index (χ2v) is 6.13. The van der Waals surface area contributed by atoms with E-state index >= 15 is 0 Å². The minimum absolute atomic E-state index is 0.176. The molecule has 0 amide bonds. The number of aliphatic hydroxyl groups excluding tert-OH is 1. The van der Waals surface area contributed by atoms with Crippen LogP contribution in [-0.2, 0) is 0 Å². The van der Waals surface area contributed by atoms with E-state index in [1.165, 1.54) is 0 Å². The van der Waals surface area contributed by atoms with Crippen LogP contribution in [0.1, 0.15) is 30.9 Å². The lowest BCUT2D eigenvalue weighted by Crippen LogP contribution is -2.05. The molecule has 2 aromatic rings. The summed E-state index contributed by atoms with van der Waals surface area (Å²) < 4.78 is 3.27. The van der Waals surface area contributed by atoms with Gasteiger partial charge in [-0.25, -0.2) is 4.85 Å². The van der Waals surface area contributed by atoms with Crippen molar-refractivity contribution in [2.75, 3.05) is 0 Å². The lowest BCUT2D eigenvalue weighted by Gasteiger charge is -2.14. The van der Waals surface area contributed by atoms with Gasteiger partial charge in [-0.2, -0.15) is 0 Å². The Bertz CT molecular complexity index is 683. The Morgan fingerprint density at radius 1 is 1.42 bits per heavy atom. The molecule has 0 aliphatic heterocycles. The molecule has 0 radical (unpaired) electrons. The summed E-state index contributed by atoms with van der Waals surface area (Å²) in [5.41, 5.74) is 2.86. The summed E-state index contributed by atoms with van der Waals surface area (Å²) in [7, 11) is 0. The molecule has 3 nitrogen and oxygen atoms in total. The zero-order valence-electron chi connectivity index (χ0n) is 10.7. The molecule has 0 bridgehead atoms. The van der Waals surface area contributed by atoms with Crippen molar-refractivity contribution in [1.82, 2.24) is 4.57 Å². The van der Waals surface area contributed by atoms with Crippen molar-refractivity contribution in [1.29, 1.82) is 0 Å². The first-order valence-electron chi connectivity index (χ1n) is 6.46. The van der Waals surface area contributed by atoms with Crippen LogP contribution in [0.5, 0.6) is 0 Å². The first kappa shape index (κ1) is 12.7. The third kappa shape index (κ3) is 2.07. The summed E-state index contributed by atoms with van der Waals surface area (Å²) in [4.78, 5) is 3.56. The van der Waals surface area contributed by atoms with Crippen LogP contribution in [0.4, 0.5) is 5.69 Å². The van der Waals surface area contributed by atoms with Crippen LogP contribution in [0.25, 0.3) is 15.7 Å². The monoisotopic (exact) mass is 318 g/mol. The topological polar surface area (TPSA) is 29.5 Å². The number of benzene rings is 1. The van der Waals surface area contributed by atoms with Crippen molar-refractivity contribution in [3.63, 3.8) is 0 Å². The van der Waals surface area contributed by atoms with Gasteiger partial charge in [-0.15, -0.1) is 0 Å². The maximum atomic E-state index is 9.71. The smallest absolute Gasteiger partial charge is 0.190 e. The third-order valence-electron chi connectivity index (χ3n) is 3.99. The lowest BCUT2D eigenvalue weighted by molar-refractivity contribution is 0.178. The number of fused-ring (bicyclic) bond motifs is 1. The molecule has 1 saturated carbocycles. The van der Waals surface area contributed by atoms with Crippen LogP contribution >= 0.6 is 15.9 Å². The zero-order chi connectivity index (χ0) is 13.6. The molecule has 0 spiro atoms. The molecule has 1 aliphatic rings. The second-order valence-electron chi connectivity index (χ2n) is 5.27. The average molecular weight is 319 g/mol. The summed E-state index contributed by atoms with van der Waals surface area (Å²) in [5.74, 6) is 0. The predicted molar refractivity (Wildman–Crippen MR) is 79.5 cm³/mol. The number of aliphatic hydroxyl groups is 1. The fraction of sp³-hybridized carbons (Fsp3) is 0.400. The number of nitrogens with zero attached hydrogens (tertiary/aromatic N) is 2. The largest absolute Gasteiger partial charge is 0.393 e. The molecule has 98 valence electrons. The van der Waals surface area contributed by atoms with Crippen molar-refractivity contribution in [3.05, 3.63) is 39.8 Å². The van der Waals surface area contributed by atoms with Crippen molar-refractivity contribution in [2.45, 2.75) is 38.3 Å². The zero-order valence-corrected chi connectivity index (χ0v) is 12.3. The summed E-state index contributed by atoms with van der Waals surface area (Å²) in [6.07, 6.45) is 4.62. The molecule has 1 N–H and O–H groups in total. The molecule has 0 unspecified atom stereocenters. The summed E-state index contributed by atoms with van der Waals surface area (Å²) >= 11 is 3.58. The van der Waals surface area contributed by atoms with E-state index in [0.717, 1.165) is 40.2 Å². The highest BCUT2D eigenvalue weighted by molar-refractivity contribution is 9.10. The molecule has 1 heterocycles. The summed E-state index contributed by atoms with van der Waals surface area (Å²) in [5, 5.41) is 10.8. The number of halogens is 1. The minimum atomic E-state index is -0.176. The quantitative estimate of drug-likeness (QED) is 0.778. The van der Waals surface area contributed by atoms with Crippen molar-refractivity contribution in [3.8, 4) is 0 Å². The molecule has 1 aliphatic carbocycles. The highest BCUT2D eigenvalue weighted by Gasteiger charge is 2.25. The molecular formula is C15H15BrN2O. The van der Waals surface area contributed by atoms with Crippen LogP contribution in [0.3, 0.4) is 0 Å². The van der Waals surface area contributed by atoms with Gasteiger partial charge in [0.25, 0.3) is 0 Å². The van der Waals surface area contributed by atoms with Crippen molar-refractivity contribution >= 4 is 32.5 Å². The van der Waals surface area contributed by atoms with E-state index in [4.69, 9.17) is 6.57 Å². The predicted octanol–water partition coefficient (Wildman–Crippen LogP) is 4.35. The van der Waals surface area contributed by atoms with Gasteiger partial charge < -0.3 is 9.67 Å². The van der Waals surface area contributed by atoms with Crippen LogP contribution < -0.4 is 0 Å². The highest BCUT2D eigenvalue weighted by atomic mass is 79.9. The SMILES string of the molecule is [C-]#[N+]c1cc2c(Br)cn([C@@H]3CC[C@@H](O)C3)c2cc1C. The van der Waals surface area contributed by atoms with Gasteiger partial charge in [-0.05, 0) is 59.8 Å². The number of aromatic nitrogens is 1. The number of hydrogen-bond donors (Lipinski definition) is 1. The Morgan fingerprint density at radius 3 is 2.84 bits per heavy atom. The van der Waals surface area contributed by atoms with Gasteiger partial charge in [0.2, 0.25) is 0 Å². The van der Waals surface area contributed by atoms with Gasteiger partial charge in [-0.1, -0.05) is 0 Å². The molecule has 4 heteroatoms. The normalized spacial score (nSPS) is 22.8. The van der Waals surface area contributed by atoms with Crippen LogP contribution in [0.2, 0.25) is 0 Å². The maximum absolute atomic E-state index is 9.71. The molecule has 0 saturated heterocycles. The lowest BCUT2D eigenvalue weighted by atomic mass is 10.1. The fourth-order valence-electron chi connectivity index (χ4n) is 2.96. The van der Waals surface area contributed by atoms with E-state index in [1.54, 1.807) is 0 Å². The number of hydrogen-bond acceptors (Lipinski definition) is 1. The van der Waals surface area contributed by atoms with E-state index in [9.17, 15) is 5.11 Å². The van der Waals surface area contributed by atoms with Crippen molar-refractivity contribution < 1.29 is 5.11 Å². The van der Waals surface area contributed by atoms with Crippen molar-refractivity contribution in [2.24, 2.45) is 0 Å². The van der Waals surface area contributed by atoms with Crippen LogP contribution in [-0.4, -0.2) is 15.8 Å². The molecule has 3 rings (SSSR count). The Morgan fingerprint density at radius 2 is 2.21 bits per heavy atom. The fourth-order valence-corrected chi connectivity index (χ4v) is 3.50. The molecule has 2 atom stereocenters. The first-order valence-corrected chi connectivity index (χ1v) is 7.25. The number of aryl methyl sites for hydroxylation is 1. The third-order valence-corrected chi connectivity index (χ3v) is 4.63. The molecule has 1 aromatic heterocycles. The van der Waals surface area contributed by atoms with Crippen LogP contribution in [0, 0.1) is 13.5 Å². The van der Waals surface area contributed by atoms with Gasteiger partial charge in [0.15, 0.2) is 5.69 Å². The van der Waals surface area contributed by atoms with Gasteiger partial charge in [0, 0.05) is 27.6 Å². The molecule has 1 fully saturated rings. The summed E-state index contributed by atoms with van der Waals surface area (Å²) in [6, 6.07) is 4.39. The average Bonchev–Trinajstić information content (AvgIpc) is 2.93. The Labute approximate surface area is 120 Å². The van der Waals surface area contributed by atoms with Gasteiger partial charge in [0.05, 0.1) is 12.7 Å². The Hall–Kier alpha value is -1.31. The highest BCUT2D eigenvalue weighted by Crippen LogP contribution is 2.38. The van der Waals surface area contributed by atoms with E-state index in [-0.39, 0.29) is 6.10 Å². The van der Waals surface area contributed by atoms with Gasteiger partial charge in [0.1, 0.15) is 0 Å². The van der Waals surface area contributed by atoms with Gasteiger partial charge >= 0.3 is 0 Å². The standard InChI is InChI=1S/C15H15BrN2O/c1-9-5-15-12(7-14(9)17-2)13(16)8-18(15)10-3-4-11(19)6-10/h5,7-8,10-11,19H,3-4,6H2,1H3/t10-,11-/m1/s1. The Kier molecular flexibility index (Phi) is 3.12. The maximum Gasteiger partial charge on any atom is 0.190 e. The molecule has 19 heavy (non-hydrogen) atoms. The van der Waals surface area contributed by atoms with Crippen LogP contribution in [0.15, 0.2) is 22.8 Å². The molecule has 1 aromatic carbocycles. The summed E-state index contributed by atoms with van der Waals surface area (Å²) in [6.45, 7) is 9.17. The van der Waals surface area contributed by atoms with E-state index in [2.05, 4.69) is 37.6 Å². The number of rotatable bonds is 1. The van der Waals surface area contributed by atoms with E-state index in [0.29, 0.717) is 11.7 Å².